The molecule has 0 saturated heterocycles. The molecule has 0 unspecified atom stereocenters. The number of ether oxygens (including phenoxy) is 1. The van der Waals surface area contributed by atoms with Gasteiger partial charge in [0.05, 0.1) is 12.0 Å². The minimum absolute atomic E-state index is 0.0000376. The molecule has 1 amide bonds. The van der Waals surface area contributed by atoms with Crippen molar-refractivity contribution in [2.45, 2.75) is 6.42 Å². The molecule has 0 radical (unpaired) electrons. The van der Waals surface area contributed by atoms with E-state index < -0.39 is 17.6 Å². The van der Waals surface area contributed by atoms with Gasteiger partial charge in [-0.3, -0.25) is 4.79 Å². The van der Waals surface area contributed by atoms with Gasteiger partial charge in [-0.1, -0.05) is 0 Å². The molecule has 0 fully saturated rings. The number of hydrogen-bond donors (Lipinski definition) is 1. The molecular weight excluding hydrogens is 232 g/mol. The largest absolute Gasteiger partial charge is 0.462 e. The second-order valence-electron chi connectivity index (χ2n) is 3.22. The van der Waals surface area contributed by atoms with Crippen molar-refractivity contribution in [3.05, 3.63) is 35.4 Å². The van der Waals surface area contributed by atoms with Crippen LogP contribution >= 0.6 is 0 Å². The summed E-state index contributed by atoms with van der Waals surface area (Å²) in [6.45, 7) is -0.142. The third-order valence-electron chi connectivity index (χ3n) is 1.94. The minimum Gasteiger partial charge on any atom is -0.462 e. The predicted octanol–water partition coefficient (Wildman–Crippen LogP) is 1.26. The fraction of sp³-hybridized carbons (Fsp3) is 0.273. The molecule has 1 aromatic carbocycles. The summed E-state index contributed by atoms with van der Waals surface area (Å²) >= 11 is 0. The van der Waals surface area contributed by atoms with Crippen LogP contribution in [0.25, 0.3) is 0 Å². The maximum Gasteiger partial charge on any atom is 0.338 e. The van der Waals surface area contributed by atoms with E-state index in [4.69, 9.17) is 0 Å². The van der Waals surface area contributed by atoms with E-state index in [2.05, 4.69) is 10.1 Å². The lowest BCUT2D eigenvalue weighted by Gasteiger charge is -2.04. The van der Waals surface area contributed by atoms with Crippen LogP contribution in [0.3, 0.4) is 0 Å². The number of rotatable bonds is 4. The van der Waals surface area contributed by atoms with Gasteiger partial charge in [-0.05, 0) is 12.1 Å². The molecule has 0 atom stereocenters. The van der Waals surface area contributed by atoms with Crippen LogP contribution in [0.1, 0.15) is 16.8 Å². The molecule has 0 aliphatic heterocycles. The fourth-order valence-corrected chi connectivity index (χ4v) is 1.12. The van der Waals surface area contributed by atoms with Gasteiger partial charge >= 0.3 is 5.97 Å². The van der Waals surface area contributed by atoms with Crippen LogP contribution in [0.2, 0.25) is 0 Å². The molecular formula is C11H11F2NO3. The zero-order chi connectivity index (χ0) is 12.8. The van der Waals surface area contributed by atoms with Crippen LogP contribution in [0.4, 0.5) is 8.78 Å². The van der Waals surface area contributed by atoms with Gasteiger partial charge in [0.15, 0.2) is 0 Å². The summed E-state index contributed by atoms with van der Waals surface area (Å²) in [5.41, 5.74) is -0.223. The molecule has 17 heavy (non-hydrogen) atoms. The minimum atomic E-state index is -0.868. The molecule has 0 heterocycles. The van der Waals surface area contributed by atoms with Crippen molar-refractivity contribution >= 4 is 11.9 Å². The molecule has 92 valence electrons. The van der Waals surface area contributed by atoms with E-state index in [-0.39, 0.29) is 24.5 Å². The Bertz CT molecular complexity index is 414. The lowest BCUT2D eigenvalue weighted by molar-refractivity contribution is -0.121. The maximum atomic E-state index is 12.8. The smallest absolute Gasteiger partial charge is 0.338 e. The Kier molecular flexibility index (Phi) is 4.56. The van der Waals surface area contributed by atoms with Crippen molar-refractivity contribution < 1.29 is 23.1 Å². The Hall–Kier alpha value is -1.98. The first-order valence-electron chi connectivity index (χ1n) is 4.86. The number of carbonyl (C=O) groups excluding carboxylic acids is 2. The summed E-state index contributed by atoms with van der Waals surface area (Å²) in [6.07, 6.45) is 0.0000376. The Labute approximate surface area is 96.6 Å². The van der Waals surface area contributed by atoms with E-state index in [0.29, 0.717) is 6.07 Å². The molecule has 1 N–H and O–H groups in total. The molecule has 0 aromatic heterocycles. The van der Waals surface area contributed by atoms with Gasteiger partial charge in [0.1, 0.15) is 18.2 Å². The van der Waals surface area contributed by atoms with E-state index in [1.54, 1.807) is 0 Å². The number of benzene rings is 1. The monoisotopic (exact) mass is 243 g/mol. The molecule has 0 aliphatic carbocycles. The third kappa shape index (κ3) is 4.18. The fourth-order valence-electron chi connectivity index (χ4n) is 1.12. The Morgan fingerprint density at radius 1 is 1.24 bits per heavy atom. The summed E-state index contributed by atoms with van der Waals surface area (Å²) in [5, 5.41) is 2.35. The summed E-state index contributed by atoms with van der Waals surface area (Å²) in [4.78, 5) is 22.1. The first kappa shape index (κ1) is 13.1. The van der Waals surface area contributed by atoms with Crippen molar-refractivity contribution in [3.63, 3.8) is 0 Å². The van der Waals surface area contributed by atoms with Gasteiger partial charge in [-0.2, -0.15) is 0 Å². The highest BCUT2D eigenvalue weighted by molar-refractivity contribution is 5.89. The quantitative estimate of drug-likeness (QED) is 0.810. The number of halogens is 2. The van der Waals surface area contributed by atoms with Crippen LogP contribution in [-0.4, -0.2) is 25.5 Å². The highest BCUT2D eigenvalue weighted by Gasteiger charge is 2.11. The number of carbonyl (C=O) groups is 2. The summed E-state index contributed by atoms with van der Waals surface area (Å²) in [6, 6.07) is 2.39. The van der Waals surface area contributed by atoms with Crippen molar-refractivity contribution in [2.24, 2.45) is 0 Å². The molecule has 4 nitrogen and oxygen atoms in total. The van der Waals surface area contributed by atoms with Crippen LogP contribution in [0.5, 0.6) is 0 Å². The SMILES string of the molecule is CNC(=O)CCOC(=O)c1cc(F)cc(F)c1. The van der Waals surface area contributed by atoms with Gasteiger partial charge in [0.2, 0.25) is 5.91 Å². The first-order valence-corrected chi connectivity index (χ1v) is 4.86. The Morgan fingerprint density at radius 2 is 1.82 bits per heavy atom. The highest BCUT2D eigenvalue weighted by atomic mass is 19.1. The predicted molar refractivity (Wildman–Crippen MR) is 55.3 cm³/mol. The lowest BCUT2D eigenvalue weighted by atomic mass is 10.2. The average molecular weight is 243 g/mol. The highest BCUT2D eigenvalue weighted by Crippen LogP contribution is 2.09. The van der Waals surface area contributed by atoms with Gasteiger partial charge in [-0.25, -0.2) is 13.6 Å². The number of nitrogens with one attached hydrogen (secondary N) is 1. The van der Waals surface area contributed by atoms with Crippen LogP contribution < -0.4 is 5.32 Å². The molecule has 6 heteroatoms. The molecule has 0 bridgehead atoms. The van der Waals surface area contributed by atoms with E-state index >= 15 is 0 Å². The number of hydrogen-bond acceptors (Lipinski definition) is 3. The lowest BCUT2D eigenvalue weighted by Crippen LogP contribution is -2.20. The maximum absolute atomic E-state index is 12.8. The van der Waals surface area contributed by atoms with E-state index in [1.165, 1.54) is 7.05 Å². The summed E-state index contributed by atoms with van der Waals surface area (Å²) in [5.74, 6) is -2.87. The van der Waals surface area contributed by atoms with Gasteiger partial charge in [0, 0.05) is 13.1 Å². The van der Waals surface area contributed by atoms with Crippen LogP contribution in [-0.2, 0) is 9.53 Å². The number of esters is 1. The molecule has 0 aliphatic rings. The average Bonchev–Trinajstić information content (AvgIpc) is 2.27. The first-order chi connectivity index (χ1) is 8.02. The van der Waals surface area contributed by atoms with Crippen LogP contribution in [0, 0.1) is 11.6 Å². The van der Waals surface area contributed by atoms with Crippen LogP contribution in [0.15, 0.2) is 18.2 Å². The third-order valence-corrected chi connectivity index (χ3v) is 1.94. The van der Waals surface area contributed by atoms with Crippen molar-refractivity contribution in [2.75, 3.05) is 13.7 Å². The van der Waals surface area contributed by atoms with Crippen molar-refractivity contribution in [1.82, 2.24) is 5.32 Å². The normalized spacial score (nSPS) is 9.82. The number of amides is 1. The molecule has 0 spiro atoms. The van der Waals surface area contributed by atoms with Crippen molar-refractivity contribution in [3.8, 4) is 0 Å². The Morgan fingerprint density at radius 3 is 2.35 bits per heavy atom. The van der Waals surface area contributed by atoms with E-state index in [1.807, 2.05) is 0 Å². The van der Waals surface area contributed by atoms with E-state index in [0.717, 1.165) is 12.1 Å². The topological polar surface area (TPSA) is 55.4 Å². The van der Waals surface area contributed by atoms with Gasteiger partial charge < -0.3 is 10.1 Å². The second kappa shape index (κ2) is 5.93. The zero-order valence-corrected chi connectivity index (χ0v) is 9.13. The molecule has 0 saturated carbocycles. The second-order valence-corrected chi connectivity index (χ2v) is 3.22. The van der Waals surface area contributed by atoms with Gasteiger partial charge in [0.25, 0.3) is 0 Å². The summed E-state index contributed by atoms with van der Waals surface area (Å²) in [7, 11) is 1.45. The van der Waals surface area contributed by atoms with Gasteiger partial charge in [-0.15, -0.1) is 0 Å². The summed E-state index contributed by atoms with van der Waals surface area (Å²) < 4.78 is 30.2. The standard InChI is InChI=1S/C11H11F2NO3/c1-14-10(15)2-3-17-11(16)7-4-8(12)6-9(13)5-7/h4-6H,2-3H2,1H3,(H,14,15). The Balaban J connectivity index is 2.55. The van der Waals surface area contributed by atoms with E-state index in [9.17, 15) is 18.4 Å². The zero-order valence-electron chi connectivity index (χ0n) is 9.13. The molecule has 1 rings (SSSR count). The van der Waals surface area contributed by atoms with Crippen molar-refractivity contribution in [1.29, 1.82) is 0 Å². The molecule has 1 aromatic rings.